The van der Waals surface area contributed by atoms with Crippen LogP contribution in [0.15, 0.2) is 78.9 Å². The first kappa shape index (κ1) is 20.0. The number of benzene rings is 3. The fourth-order valence-electron chi connectivity index (χ4n) is 3.03. The van der Waals surface area contributed by atoms with Crippen molar-refractivity contribution in [2.45, 2.75) is 32.4 Å². The second-order valence-electron chi connectivity index (χ2n) is 6.65. The van der Waals surface area contributed by atoms with Gasteiger partial charge in [0.25, 0.3) is 0 Å². The van der Waals surface area contributed by atoms with Crippen molar-refractivity contribution in [1.29, 1.82) is 0 Å². The molecule has 0 saturated heterocycles. The van der Waals surface area contributed by atoms with Crippen LogP contribution in [0.1, 0.15) is 42.5 Å². The highest BCUT2D eigenvalue weighted by Gasteiger charge is 2.17. The normalized spacial score (nSPS) is 11.6. The number of hydrogen-bond acceptors (Lipinski definition) is 2. The van der Waals surface area contributed by atoms with Gasteiger partial charge in [0.2, 0.25) is 5.91 Å². The van der Waals surface area contributed by atoms with Crippen LogP contribution in [0, 0.1) is 0 Å². The first-order chi connectivity index (χ1) is 13.7. The van der Waals surface area contributed by atoms with Gasteiger partial charge in [-0.05, 0) is 47.4 Å². The molecule has 0 heterocycles. The van der Waals surface area contributed by atoms with Crippen LogP contribution in [0.25, 0.3) is 0 Å². The maximum Gasteiger partial charge on any atom is 0.220 e. The van der Waals surface area contributed by atoms with Gasteiger partial charge >= 0.3 is 0 Å². The molecule has 0 bridgehead atoms. The Morgan fingerprint density at radius 1 is 0.964 bits per heavy atom. The first-order valence-electron chi connectivity index (χ1n) is 9.47. The Labute approximate surface area is 171 Å². The summed E-state index contributed by atoms with van der Waals surface area (Å²) in [5, 5.41) is 3.77. The van der Waals surface area contributed by atoms with Gasteiger partial charge in [0, 0.05) is 11.4 Å². The van der Waals surface area contributed by atoms with E-state index >= 15 is 0 Å². The average Bonchev–Trinajstić information content (AvgIpc) is 2.72. The van der Waals surface area contributed by atoms with Gasteiger partial charge in [0.15, 0.2) is 0 Å². The van der Waals surface area contributed by atoms with Crippen molar-refractivity contribution in [2.75, 3.05) is 0 Å². The largest absolute Gasteiger partial charge is 0.489 e. The topological polar surface area (TPSA) is 38.3 Å². The fourth-order valence-corrected chi connectivity index (χ4v) is 3.23. The standard InChI is InChI=1S/C24H24ClNO2/c1-2-8-23(27)26-24(19-11-6-13-21(25)15-19)20-12-7-14-22(16-20)28-17-18-9-4-3-5-10-18/h3-7,9-16,24H,2,8,17H2,1H3,(H,26,27). The number of carbonyl (C=O) groups is 1. The van der Waals surface area contributed by atoms with E-state index in [1.54, 1.807) is 0 Å². The third kappa shape index (κ3) is 5.61. The van der Waals surface area contributed by atoms with Crippen LogP contribution in [0.3, 0.4) is 0 Å². The SMILES string of the molecule is CCCC(=O)NC(c1cccc(Cl)c1)c1cccc(OCc2ccccc2)c1. The third-order valence-electron chi connectivity index (χ3n) is 4.40. The average molecular weight is 394 g/mol. The number of nitrogens with one attached hydrogen (secondary N) is 1. The van der Waals surface area contributed by atoms with E-state index in [2.05, 4.69) is 5.32 Å². The number of carbonyl (C=O) groups excluding carboxylic acids is 1. The molecule has 0 saturated carbocycles. The van der Waals surface area contributed by atoms with Crippen molar-refractivity contribution in [3.63, 3.8) is 0 Å². The molecular weight excluding hydrogens is 370 g/mol. The molecule has 1 unspecified atom stereocenters. The molecule has 3 aromatic rings. The van der Waals surface area contributed by atoms with Gasteiger partial charge in [-0.25, -0.2) is 0 Å². The lowest BCUT2D eigenvalue weighted by molar-refractivity contribution is -0.121. The molecule has 4 heteroatoms. The summed E-state index contributed by atoms with van der Waals surface area (Å²) >= 11 is 6.19. The van der Waals surface area contributed by atoms with Crippen LogP contribution in [-0.2, 0) is 11.4 Å². The predicted octanol–water partition coefficient (Wildman–Crippen LogP) is 5.92. The summed E-state index contributed by atoms with van der Waals surface area (Å²) in [6.45, 7) is 2.49. The summed E-state index contributed by atoms with van der Waals surface area (Å²) in [4.78, 5) is 12.3. The van der Waals surface area contributed by atoms with E-state index < -0.39 is 0 Å². The smallest absolute Gasteiger partial charge is 0.220 e. The monoisotopic (exact) mass is 393 g/mol. The molecule has 3 rings (SSSR count). The molecule has 0 aliphatic rings. The molecule has 3 nitrogen and oxygen atoms in total. The van der Waals surface area contributed by atoms with Gasteiger partial charge in [-0.1, -0.05) is 73.1 Å². The molecule has 144 valence electrons. The lowest BCUT2D eigenvalue weighted by Crippen LogP contribution is -2.29. The molecule has 0 fully saturated rings. The van der Waals surface area contributed by atoms with Crippen LogP contribution in [0.4, 0.5) is 0 Å². The highest BCUT2D eigenvalue weighted by molar-refractivity contribution is 6.30. The molecule has 3 aromatic carbocycles. The van der Waals surface area contributed by atoms with E-state index in [-0.39, 0.29) is 11.9 Å². The molecule has 0 aliphatic heterocycles. The van der Waals surface area contributed by atoms with Gasteiger partial charge in [-0.3, -0.25) is 4.79 Å². The predicted molar refractivity (Wildman–Crippen MR) is 114 cm³/mol. The minimum Gasteiger partial charge on any atom is -0.489 e. The van der Waals surface area contributed by atoms with E-state index in [9.17, 15) is 4.79 Å². The minimum atomic E-state index is -0.280. The van der Waals surface area contributed by atoms with Crippen LogP contribution in [-0.4, -0.2) is 5.91 Å². The molecule has 0 aliphatic carbocycles. The van der Waals surface area contributed by atoms with Gasteiger partial charge < -0.3 is 10.1 Å². The Morgan fingerprint density at radius 3 is 2.39 bits per heavy atom. The first-order valence-corrected chi connectivity index (χ1v) is 9.85. The molecule has 1 N–H and O–H groups in total. The number of halogens is 1. The Hall–Kier alpha value is -2.78. The Kier molecular flexibility index (Phi) is 7.10. The van der Waals surface area contributed by atoms with Gasteiger partial charge in [0.05, 0.1) is 6.04 Å². The van der Waals surface area contributed by atoms with E-state index in [1.165, 1.54) is 0 Å². The number of rotatable bonds is 8. The second kappa shape index (κ2) is 9.95. The van der Waals surface area contributed by atoms with E-state index in [4.69, 9.17) is 16.3 Å². The van der Waals surface area contributed by atoms with Crippen molar-refractivity contribution in [2.24, 2.45) is 0 Å². The highest BCUT2D eigenvalue weighted by atomic mass is 35.5. The van der Waals surface area contributed by atoms with Crippen molar-refractivity contribution in [1.82, 2.24) is 5.32 Å². The fraction of sp³-hybridized carbons (Fsp3) is 0.208. The summed E-state index contributed by atoms with van der Waals surface area (Å²) in [5.41, 5.74) is 3.00. The quantitative estimate of drug-likeness (QED) is 0.515. The highest BCUT2D eigenvalue weighted by Crippen LogP contribution is 2.27. The Balaban J connectivity index is 1.83. The molecule has 0 aromatic heterocycles. The summed E-state index contributed by atoms with van der Waals surface area (Å²) in [6.07, 6.45) is 1.29. The van der Waals surface area contributed by atoms with E-state index in [1.807, 2.05) is 85.8 Å². The number of amides is 1. The molecular formula is C24H24ClNO2. The second-order valence-corrected chi connectivity index (χ2v) is 7.09. The molecule has 0 radical (unpaired) electrons. The van der Waals surface area contributed by atoms with Gasteiger partial charge in [0.1, 0.15) is 12.4 Å². The van der Waals surface area contributed by atoms with Gasteiger partial charge in [-0.15, -0.1) is 0 Å². The van der Waals surface area contributed by atoms with Crippen LogP contribution < -0.4 is 10.1 Å². The summed E-state index contributed by atoms with van der Waals surface area (Å²) in [6, 6.07) is 25.2. The maximum absolute atomic E-state index is 12.3. The maximum atomic E-state index is 12.3. The summed E-state index contributed by atoms with van der Waals surface area (Å²) in [7, 11) is 0. The Bertz CT molecular complexity index is 911. The van der Waals surface area contributed by atoms with Crippen LogP contribution in [0.2, 0.25) is 5.02 Å². The molecule has 0 spiro atoms. The Morgan fingerprint density at radius 2 is 1.68 bits per heavy atom. The van der Waals surface area contributed by atoms with Crippen molar-refractivity contribution in [3.05, 3.63) is 101 Å². The number of hydrogen-bond donors (Lipinski definition) is 1. The molecule has 1 atom stereocenters. The summed E-state index contributed by atoms with van der Waals surface area (Å²) in [5.74, 6) is 0.779. The van der Waals surface area contributed by atoms with Crippen LogP contribution >= 0.6 is 11.6 Å². The minimum absolute atomic E-state index is 0.0167. The lowest BCUT2D eigenvalue weighted by Gasteiger charge is -2.21. The van der Waals surface area contributed by atoms with Crippen LogP contribution in [0.5, 0.6) is 5.75 Å². The lowest BCUT2D eigenvalue weighted by atomic mass is 9.98. The van der Waals surface area contributed by atoms with Crippen molar-refractivity contribution < 1.29 is 9.53 Å². The van der Waals surface area contributed by atoms with Crippen molar-refractivity contribution >= 4 is 17.5 Å². The molecule has 1 amide bonds. The molecule has 28 heavy (non-hydrogen) atoms. The van der Waals surface area contributed by atoms with E-state index in [0.717, 1.165) is 28.9 Å². The zero-order chi connectivity index (χ0) is 19.8. The zero-order valence-corrected chi connectivity index (χ0v) is 16.7. The third-order valence-corrected chi connectivity index (χ3v) is 4.64. The van der Waals surface area contributed by atoms with Gasteiger partial charge in [-0.2, -0.15) is 0 Å². The van der Waals surface area contributed by atoms with E-state index in [0.29, 0.717) is 18.1 Å². The number of ether oxygens (including phenoxy) is 1. The zero-order valence-electron chi connectivity index (χ0n) is 15.9. The summed E-state index contributed by atoms with van der Waals surface area (Å²) < 4.78 is 5.96. The van der Waals surface area contributed by atoms with Crippen molar-refractivity contribution in [3.8, 4) is 5.75 Å².